The van der Waals surface area contributed by atoms with Crippen molar-refractivity contribution in [3.8, 4) is 5.75 Å². The molecule has 1 heterocycles. The van der Waals surface area contributed by atoms with E-state index in [9.17, 15) is 9.59 Å². The third-order valence-electron chi connectivity index (χ3n) is 4.63. The van der Waals surface area contributed by atoms with Crippen LogP contribution >= 0.6 is 0 Å². The smallest absolute Gasteiger partial charge is 0.340 e. The van der Waals surface area contributed by atoms with Crippen molar-refractivity contribution in [2.45, 2.75) is 13.5 Å². The summed E-state index contributed by atoms with van der Waals surface area (Å²) in [4.78, 5) is 26.7. The highest BCUT2D eigenvalue weighted by atomic mass is 16.5. The van der Waals surface area contributed by atoms with Crippen LogP contribution in [0.4, 0.5) is 0 Å². The number of hydrogen-bond donors (Lipinski definition) is 0. The summed E-state index contributed by atoms with van der Waals surface area (Å²) in [5.74, 6) is -0.111. The predicted octanol–water partition coefficient (Wildman–Crippen LogP) is 4.12. The Morgan fingerprint density at radius 3 is 2.59 bits per heavy atom. The van der Waals surface area contributed by atoms with Crippen LogP contribution in [0.5, 0.6) is 5.75 Å². The minimum absolute atomic E-state index is 0.251. The maximum absolute atomic E-state index is 12.9. The molecule has 3 rings (SSSR count). The zero-order valence-electron chi connectivity index (χ0n) is 16.6. The second-order valence-corrected chi connectivity index (χ2v) is 6.56. The van der Waals surface area contributed by atoms with Gasteiger partial charge in [-0.2, -0.15) is 0 Å². The molecule has 0 saturated carbocycles. The van der Waals surface area contributed by atoms with E-state index in [0.717, 1.165) is 11.1 Å². The number of esters is 1. The van der Waals surface area contributed by atoms with Gasteiger partial charge in [0.05, 0.1) is 18.3 Å². The summed E-state index contributed by atoms with van der Waals surface area (Å²) in [7, 11) is 1.30. The van der Waals surface area contributed by atoms with Gasteiger partial charge in [0.25, 0.3) is 5.91 Å². The molecule has 0 spiro atoms. The summed E-state index contributed by atoms with van der Waals surface area (Å²) in [5, 5.41) is 0. The zero-order chi connectivity index (χ0) is 20.8. The third kappa shape index (κ3) is 4.46. The summed E-state index contributed by atoms with van der Waals surface area (Å²) in [6.07, 6.45) is 3.31. The normalized spacial score (nSPS) is 15.0. The van der Waals surface area contributed by atoms with Crippen molar-refractivity contribution < 1.29 is 19.1 Å². The van der Waals surface area contributed by atoms with E-state index in [2.05, 4.69) is 6.58 Å². The van der Waals surface area contributed by atoms with Crippen molar-refractivity contribution in [1.82, 2.24) is 4.90 Å². The van der Waals surface area contributed by atoms with E-state index < -0.39 is 5.97 Å². The van der Waals surface area contributed by atoms with Crippen LogP contribution in [0.3, 0.4) is 0 Å². The minimum atomic E-state index is -0.537. The largest absolute Gasteiger partial charge is 0.489 e. The zero-order valence-corrected chi connectivity index (χ0v) is 16.6. The van der Waals surface area contributed by atoms with Crippen molar-refractivity contribution >= 4 is 18.0 Å². The number of ether oxygens (including phenoxy) is 2. The van der Waals surface area contributed by atoms with Crippen LogP contribution in [-0.4, -0.2) is 30.4 Å². The second-order valence-electron chi connectivity index (χ2n) is 6.56. The maximum Gasteiger partial charge on any atom is 0.340 e. The number of methoxy groups -OCH3 is 1. The van der Waals surface area contributed by atoms with Crippen molar-refractivity contribution in [1.29, 1.82) is 0 Å². The molecule has 1 aliphatic heterocycles. The molecular weight excluding hydrogens is 366 g/mol. The average molecular weight is 389 g/mol. The van der Waals surface area contributed by atoms with Gasteiger partial charge in [0.2, 0.25) is 0 Å². The second kappa shape index (κ2) is 9.06. The summed E-state index contributed by atoms with van der Waals surface area (Å²) in [5.41, 5.74) is 2.96. The monoisotopic (exact) mass is 389 g/mol. The maximum atomic E-state index is 12.9. The molecule has 1 amide bonds. The van der Waals surface area contributed by atoms with Crippen molar-refractivity contribution in [3.05, 3.63) is 95.2 Å². The fourth-order valence-corrected chi connectivity index (χ4v) is 3.18. The van der Waals surface area contributed by atoms with E-state index in [-0.39, 0.29) is 11.5 Å². The summed E-state index contributed by atoms with van der Waals surface area (Å²) in [6.45, 7) is 6.18. The van der Waals surface area contributed by atoms with Gasteiger partial charge in [-0.15, -0.1) is 6.58 Å². The first-order valence-corrected chi connectivity index (χ1v) is 9.26. The number of allylic oxidation sites excluding steroid dienone is 1. The first-order valence-electron chi connectivity index (χ1n) is 9.26. The van der Waals surface area contributed by atoms with Gasteiger partial charge >= 0.3 is 5.97 Å². The van der Waals surface area contributed by atoms with Crippen molar-refractivity contribution in [2.24, 2.45) is 0 Å². The molecule has 0 bridgehead atoms. The van der Waals surface area contributed by atoms with E-state index in [1.54, 1.807) is 19.1 Å². The Morgan fingerprint density at radius 2 is 1.90 bits per heavy atom. The highest BCUT2D eigenvalue weighted by Crippen LogP contribution is 2.32. The highest BCUT2D eigenvalue weighted by molar-refractivity contribution is 6.16. The van der Waals surface area contributed by atoms with E-state index in [1.165, 1.54) is 12.0 Å². The molecule has 0 unspecified atom stereocenters. The van der Waals surface area contributed by atoms with Crippen molar-refractivity contribution in [2.75, 3.05) is 13.7 Å². The summed E-state index contributed by atoms with van der Waals surface area (Å²) < 4.78 is 10.8. The molecule has 29 heavy (non-hydrogen) atoms. The molecule has 0 fully saturated rings. The first-order chi connectivity index (χ1) is 14.0. The van der Waals surface area contributed by atoms with E-state index in [0.29, 0.717) is 30.2 Å². The number of hydrogen-bond acceptors (Lipinski definition) is 4. The molecule has 2 aromatic rings. The lowest BCUT2D eigenvalue weighted by Gasteiger charge is -2.14. The number of nitrogens with zero attached hydrogens (tertiary/aromatic N) is 1. The Morgan fingerprint density at radius 1 is 1.14 bits per heavy atom. The number of amides is 1. The predicted molar refractivity (Wildman–Crippen MR) is 112 cm³/mol. The lowest BCUT2D eigenvalue weighted by Crippen LogP contribution is -2.24. The molecule has 1 aliphatic rings. The fourth-order valence-electron chi connectivity index (χ4n) is 3.18. The van der Waals surface area contributed by atoms with Gasteiger partial charge in [-0.1, -0.05) is 48.5 Å². The SMILES string of the molecule is C=CCN1C(=O)/C(=C\c2cccc(OCc3ccccc3)c2)C(C(=O)OC)=C1C. The van der Waals surface area contributed by atoms with Gasteiger partial charge in [0, 0.05) is 12.2 Å². The summed E-state index contributed by atoms with van der Waals surface area (Å²) in [6, 6.07) is 17.3. The van der Waals surface area contributed by atoms with Crippen LogP contribution in [0.1, 0.15) is 18.1 Å². The van der Waals surface area contributed by atoms with Crippen LogP contribution in [0.25, 0.3) is 6.08 Å². The van der Waals surface area contributed by atoms with Gasteiger partial charge < -0.3 is 14.4 Å². The van der Waals surface area contributed by atoms with Crippen LogP contribution in [-0.2, 0) is 20.9 Å². The highest BCUT2D eigenvalue weighted by Gasteiger charge is 2.36. The number of carbonyl (C=O) groups is 2. The lowest BCUT2D eigenvalue weighted by atomic mass is 10.0. The molecule has 0 atom stereocenters. The van der Waals surface area contributed by atoms with E-state index in [4.69, 9.17) is 9.47 Å². The molecule has 0 aromatic heterocycles. The molecule has 0 radical (unpaired) electrons. The van der Waals surface area contributed by atoms with Gasteiger partial charge in [-0.25, -0.2) is 4.79 Å². The van der Waals surface area contributed by atoms with Gasteiger partial charge in [0.15, 0.2) is 0 Å². The Hall–Kier alpha value is -3.60. The first kappa shape index (κ1) is 20.1. The van der Waals surface area contributed by atoms with E-state index in [1.807, 2.05) is 54.6 Å². The molecule has 2 aromatic carbocycles. The Kier molecular flexibility index (Phi) is 6.29. The van der Waals surface area contributed by atoms with E-state index >= 15 is 0 Å². The minimum Gasteiger partial charge on any atom is -0.489 e. The van der Waals surface area contributed by atoms with Crippen LogP contribution in [0.15, 0.2) is 84.1 Å². The number of benzene rings is 2. The molecule has 0 saturated heterocycles. The van der Waals surface area contributed by atoms with Gasteiger partial charge in [-0.3, -0.25) is 4.79 Å². The average Bonchev–Trinajstić information content (AvgIpc) is 2.97. The van der Waals surface area contributed by atoms with Gasteiger partial charge in [-0.05, 0) is 36.3 Å². The Bertz CT molecular complexity index is 989. The molecule has 5 nitrogen and oxygen atoms in total. The van der Waals surface area contributed by atoms with Crippen LogP contribution in [0.2, 0.25) is 0 Å². The molecule has 0 aliphatic carbocycles. The van der Waals surface area contributed by atoms with Gasteiger partial charge in [0.1, 0.15) is 12.4 Å². The number of rotatable bonds is 7. The summed E-state index contributed by atoms with van der Waals surface area (Å²) >= 11 is 0. The molecule has 5 heteroatoms. The topological polar surface area (TPSA) is 55.8 Å². The molecule has 148 valence electrons. The van der Waals surface area contributed by atoms with Crippen LogP contribution < -0.4 is 4.74 Å². The molecule has 0 N–H and O–H groups in total. The Labute approximate surface area is 170 Å². The Balaban J connectivity index is 1.88. The van der Waals surface area contributed by atoms with Crippen molar-refractivity contribution in [3.63, 3.8) is 0 Å². The van der Waals surface area contributed by atoms with Crippen LogP contribution in [0, 0.1) is 0 Å². The third-order valence-corrected chi connectivity index (χ3v) is 4.63. The quantitative estimate of drug-likeness (QED) is 0.406. The standard InChI is InChI=1S/C24H23NO4/c1-4-13-25-17(2)22(24(27)28-3)21(23(25)26)15-19-11-8-12-20(14-19)29-16-18-9-6-5-7-10-18/h4-12,14-15H,1,13,16H2,2-3H3/b21-15-. The lowest BCUT2D eigenvalue weighted by molar-refractivity contribution is -0.136. The number of carbonyl (C=O) groups excluding carboxylic acids is 2. The molecular formula is C24H23NO4. The fraction of sp³-hybridized carbons (Fsp3) is 0.167.